The lowest BCUT2D eigenvalue weighted by molar-refractivity contribution is -0.153. The molecule has 0 spiro atoms. The summed E-state index contributed by atoms with van der Waals surface area (Å²) in [5, 5.41) is 4.37. The molecule has 10 nitrogen and oxygen atoms in total. The van der Waals surface area contributed by atoms with E-state index in [-0.39, 0.29) is 29.8 Å². The van der Waals surface area contributed by atoms with Gasteiger partial charge in [0, 0.05) is 18.2 Å². The van der Waals surface area contributed by atoms with E-state index in [1.807, 2.05) is 60.7 Å². The van der Waals surface area contributed by atoms with E-state index in [9.17, 15) is 19.2 Å². The summed E-state index contributed by atoms with van der Waals surface area (Å²) in [6.45, 7) is 0.823. The second kappa shape index (κ2) is 14.0. The summed E-state index contributed by atoms with van der Waals surface area (Å²) in [7, 11) is 0. The molecule has 2 aromatic rings. The number of β-lactam (4-membered cyclic amide) rings is 1. The first-order chi connectivity index (χ1) is 19.7. The highest BCUT2D eigenvalue weighted by atomic mass is 35.5. The van der Waals surface area contributed by atoms with Gasteiger partial charge in [-0.3, -0.25) is 19.8 Å². The summed E-state index contributed by atoms with van der Waals surface area (Å²) in [6, 6.07) is 17.6. The minimum absolute atomic E-state index is 0.00321. The SMILES string of the molecule is CC(=O)OCC1=C(C(=O)OC(c2ccccc2)c2ccccc2)N2C(=O)[C@@H](NC(=S)NC(=O)OCC(Cl)Cl)[C@H]2SC1. The first-order valence-electron chi connectivity index (χ1n) is 12.3. The second-order valence-corrected chi connectivity index (χ2v) is 11.6. The molecule has 14 heteroatoms. The highest BCUT2D eigenvalue weighted by Gasteiger charge is 2.54. The first-order valence-corrected chi connectivity index (χ1v) is 14.6. The van der Waals surface area contributed by atoms with E-state index >= 15 is 0 Å². The summed E-state index contributed by atoms with van der Waals surface area (Å²) < 4.78 is 16.0. The third-order valence-electron chi connectivity index (χ3n) is 5.96. The van der Waals surface area contributed by atoms with E-state index in [1.54, 1.807) is 0 Å². The Hall–Kier alpha value is -3.32. The van der Waals surface area contributed by atoms with Crippen LogP contribution in [-0.4, -0.2) is 69.2 Å². The molecule has 2 amide bonds. The lowest BCUT2D eigenvalue weighted by atomic mass is 10.0. The number of ether oxygens (including phenoxy) is 3. The van der Waals surface area contributed by atoms with Crippen LogP contribution in [0.15, 0.2) is 71.9 Å². The summed E-state index contributed by atoms with van der Waals surface area (Å²) in [6.07, 6.45) is -1.65. The molecule has 4 rings (SSSR count). The molecule has 1 saturated heterocycles. The molecule has 2 atom stereocenters. The molecule has 2 heterocycles. The van der Waals surface area contributed by atoms with Crippen LogP contribution in [0, 0.1) is 0 Å². The number of alkyl halides is 2. The van der Waals surface area contributed by atoms with Gasteiger partial charge in [0.15, 0.2) is 11.2 Å². The Bertz CT molecular complexity index is 1310. The Labute approximate surface area is 255 Å². The van der Waals surface area contributed by atoms with Crippen LogP contribution in [0.2, 0.25) is 0 Å². The molecule has 41 heavy (non-hydrogen) atoms. The number of carbonyl (C=O) groups is 4. The Kier molecular flexibility index (Phi) is 10.5. The van der Waals surface area contributed by atoms with Crippen molar-refractivity contribution >= 4 is 76.2 Å². The monoisotopic (exact) mass is 637 g/mol. The minimum Gasteiger partial charge on any atom is -0.461 e. The molecule has 2 N–H and O–H groups in total. The molecule has 0 aliphatic carbocycles. The van der Waals surface area contributed by atoms with E-state index < -0.39 is 46.3 Å². The van der Waals surface area contributed by atoms with Gasteiger partial charge in [-0.1, -0.05) is 60.7 Å². The first kappa shape index (κ1) is 30.6. The van der Waals surface area contributed by atoms with Crippen molar-refractivity contribution in [2.75, 3.05) is 19.0 Å². The van der Waals surface area contributed by atoms with Crippen LogP contribution in [0.1, 0.15) is 24.2 Å². The fourth-order valence-corrected chi connectivity index (χ4v) is 5.83. The Morgan fingerprint density at radius 2 is 1.66 bits per heavy atom. The zero-order valence-corrected chi connectivity index (χ0v) is 24.7. The van der Waals surface area contributed by atoms with Gasteiger partial charge in [-0.2, -0.15) is 0 Å². The number of thioether (sulfide) groups is 1. The lowest BCUT2D eigenvalue weighted by Crippen LogP contribution is -2.71. The number of alkyl carbamates (subject to hydrolysis) is 1. The van der Waals surface area contributed by atoms with Crippen LogP contribution >= 0.6 is 47.2 Å². The van der Waals surface area contributed by atoms with Crippen molar-refractivity contribution in [3.8, 4) is 0 Å². The maximum atomic E-state index is 13.8. The smallest absolute Gasteiger partial charge is 0.413 e. The number of thiocarbonyl (C=S) groups is 1. The van der Waals surface area contributed by atoms with Gasteiger partial charge >= 0.3 is 18.0 Å². The Morgan fingerprint density at radius 3 is 2.22 bits per heavy atom. The molecule has 216 valence electrons. The van der Waals surface area contributed by atoms with Gasteiger partial charge in [-0.05, 0) is 23.3 Å². The van der Waals surface area contributed by atoms with Crippen molar-refractivity contribution in [2.24, 2.45) is 0 Å². The number of hydrogen-bond acceptors (Lipinski definition) is 9. The molecule has 0 bridgehead atoms. The molecule has 0 unspecified atom stereocenters. The normalized spacial score (nSPS) is 17.9. The number of amides is 2. The number of nitrogens with one attached hydrogen (secondary N) is 2. The predicted molar refractivity (Wildman–Crippen MR) is 157 cm³/mol. The zero-order chi connectivity index (χ0) is 29.5. The van der Waals surface area contributed by atoms with Crippen molar-refractivity contribution in [2.45, 2.75) is 29.3 Å². The fraction of sp³-hybridized carbons (Fsp3) is 0.296. The number of esters is 2. The van der Waals surface area contributed by atoms with E-state index in [0.717, 1.165) is 11.1 Å². The van der Waals surface area contributed by atoms with Crippen LogP contribution in [0.5, 0.6) is 0 Å². The zero-order valence-electron chi connectivity index (χ0n) is 21.6. The maximum Gasteiger partial charge on any atom is 0.413 e. The summed E-state index contributed by atoms with van der Waals surface area (Å²) in [5.41, 5.74) is 1.91. The van der Waals surface area contributed by atoms with Gasteiger partial charge in [0.05, 0.1) is 0 Å². The molecule has 0 aromatic heterocycles. The van der Waals surface area contributed by atoms with Crippen LogP contribution in [0.4, 0.5) is 4.79 Å². The van der Waals surface area contributed by atoms with Crippen LogP contribution < -0.4 is 10.6 Å². The van der Waals surface area contributed by atoms with Crippen molar-refractivity contribution in [3.05, 3.63) is 83.1 Å². The highest BCUT2D eigenvalue weighted by Crippen LogP contribution is 2.41. The van der Waals surface area contributed by atoms with Gasteiger partial charge in [0.1, 0.15) is 35.2 Å². The number of carbonyl (C=O) groups excluding carboxylic acids is 4. The lowest BCUT2D eigenvalue weighted by Gasteiger charge is -2.50. The summed E-state index contributed by atoms with van der Waals surface area (Å²) in [5.74, 6) is -1.48. The average Bonchev–Trinajstić information content (AvgIpc) is 2.96. The molecular formula is C27H25Cl2N3O7S2. The van der Waals surface area contributed by atoms with Crippen LogP contribution in [0.25, 0.3) is 0 Å². The number of rotatable bonds is 9. The molecule has 0 radical (unpaired) electrons. The minimum atomic E-state index is -0.905. The average molecular weight is 639 g/mol. The third-order valence-corrected chi connectivity index (χ3v) is 7.77. The van der Waals surface area contributed by atoms with Gasteiger partial charge in [-0.15, -0.1) is 35.0 Å². The molecule has 2 aliphatic heterocycles. The number of fused-ring (bicyclic) bond motifs is 1. The van der Waals surface area contributed by atoms with Gasteiger partial charge in [0.25, 0.3) is 5.91 Å². The van der Waals surface area contributed by atoms with Gasteiger partial charge in [0.2, 0.25) is 0 Å². The molecule has 2 aromatic carbocycles. The van der Waals surface area contributed by atoms with Crippen molar-refractivity contribution in [3.63, 3.8) is 0 Å². The number of hydrogen-bond donors (Lipinski definition) is 2. The molecule has 2 aliphatic rings. The summed E-state index contributed by atoms with van der Waals surface area (Å²) >= 11 is 17.6. The summed E-state index contributed by atoms with van der Waals surface area (Å²) in [4.78, 5) is 50.9. The third kappa shape index (κ3) is 7.70. The van der Waals surface area contributed by atoms with Gasteiger partial charge in [-0.25, -0.2) is 9.59 Å². The highest BCUT2D eigenvalue weighted by molar-refractivity contribution is 8.00. The Morgan fingerprint density at radius 1 is 1.05 bits per heavy atom. The largest absolute Gasteiger partial charge is 0.461 e. The molecule has 1 fully saturated rings. The van der Waals surface area contributed by atoms with E-state index in [1.165, 1.54) is 23.6 Å². The molecule has 0 saturated carbocycles. The maximum absolute atomic E-state index is 13.8. The van der Waals surface area contributed by atoms with Crippen LogP contribution in [0.3, 0.4) is 0 Å². The van der Waals surface area contributed by atoms with Crippen molar-refractivity contribution < 1.29 is 33.4 Å². The topological polar surface area (TPSA) is 123 Å². The van der Waals surface area contributed by atoms with E-state index in [0.29, 0.717) is 5.57 Å². The predicted octanol–water partition coefficient (Wildman–Crippen LogP) is 3.82. The number of benzene rings is 2. The second-order valence-electron chi connectivity index (χ2n) is 8.81. The van der Waals surface area contributed by atoms with Crippen molar-refractivity contribution in [1.29, 1.82) is 0 Å². The van der Waals surface area contributed by atoms with Crippen molar-refractivity contribution in [1.82, 2.24) is 15.5 Å². The van der Waals surface area contributed by atoms with Crippen LogP contribution in [-0.2, 0) is 28.6 Å². The molecular weight excluding hydrogens is 613 g/mol. The Balaban J connectivity index is 1.55. The van der Waals surface area contributed by atoms with E-state index in [2.05, 4.69) is 10.6 Å². The van der Waals surface area contributed by atoms with Gasteiger partial charge < -0.3 is 19.5 Å². The van der Waals surface area contributed by atoms with E-state index in [4.69, 9.17) is 49.6 Å². The standard InChI is InChI=1S/C27H25Cl2N3O7S2/c1-15(33)37-12-18-14-41-24-20(30-26(40)31-27(36)38-13-19(28)29)23(34)32(24)21(18)25(35)39-22(16-8-4-2-5-9-16)17-10-6-3-7-11-17/h2-11,19-20,22,24H,12-14H2,1H3,(H2,30,31,36,40)/t20-,24-/m1/s1. The quantitative estimate of drug-likeness (QED) is 0.138. The number of nitrogens with zero attached hydrogens (tertiary/aromatic N) is 1. The fourth-order valence-electron chi connectivity index (χ4n) is 4.16. The number of halogens is 2.